The van der Waals surface area contributed by atoms with Crippen molar-refractivity contribution in [2.45, 2.75) is 51.2 Å². The van der Waals surface area contributed by atoms with Crippen LogP contribution in [0.5, 0.6) is 0 Å². The molecule has 2 atom stereocenters. The van der Waals surface area contributed by atoms with E-state index < -0.39 is 5.60 Å². The van der Waals surface area contributed by atoms with Gasteiger partial charge in [0.05, 0.1) is 6.10 Å². The highest BCUT2D eigenvalue weighted by atomic mass is 16.5. The van der Waals surface area contributed by atoms with Gasteiger partial charge in [0.1, 0.15) is 5.60 Å². The van der Waals surface area contributed by atoms with Crippen LogP contribution in [0.2, 0.25) is 0 Å². The van der Waals surface area contributed by atoms with Crippen molar-refractivity contribution in [2.75, 3.05) is 20.2 Å². The number of rotatable bonds is 5. The fraction of sp³-hybridized carbons (Fsp3) is 1.00. The molecule has 1 saturated carbocycles. The second-order valence-corrected chi connectivity index (χ2v) is 5.10. The van der Waals surface area contributed by atoms with Gasteiger partial charge in [0.25, 0.3) is 0 Å². The van der Waals surface area contributed by atoms with Crippen LogP contribution in [0.3, 0.4) is 0 Å². The van der Waals surface area contributed by atoms with Gasteiger partial charge in [-0.15, -0.1) is 0 Å². The number of methoxy groups -OCH3 is 1. The quantitative estimate of drug-likeness (QED) is 0.731. The Bertz CT molecular complexity index is 184. The van der Waals surface area contributed by atoms with Gasteiger partial charge in [0, 0.05) is 13.7 Å². The van der Waals surface area contributed by atoms with E-state index >= 15 is 0 Å². The summed E-state index contributed by atoms with van der Waals surface area (Å²) in [6, 6.07) is 0. The van der Waals surface area contributed by atoms with E-state index in [0.717, 1.165) is 25.8 Å². The van der Waals surface area contributed by atoms with Crippen LogP contribution in [0.25, 0.3) is 0 Å². The molecule has 2 unspecified atom stereocenters. The zero-order valence-corrected chi connectivity index (χ0v) is 10.3. The molecule has 0 spiro atoms. The first-order valence-electron chi connectivity index (χ1n) is 6.04. The molecule has 3 nitrogen and oxygen atoms in total. The summed E-state index contributed by atoms with van der Waals surface area (Å²) in [6.45, 7) is 5.96. The van der Waals surface area contributed by atoms with Gasteiger partial charge in [0.2, 0.25) is 0 Å². The monoisotopic (exact) mass is 215 g/mol. The standard InChI is InChI=1S/C12H25NO2/c1-10(2)8-13-9-12(14)7-5-4-6-11(12)15-3/h10-11,13-14H,4-9H2,1-3H3. The van der Waals surface area contributed by atoms with Crippen molar-refractivity contribution in [2.24, 2.45) is 5.92 Å². The van der Waals surface area contributed by atoms with E-state index in [4.69, 9.17) is 4.74 Å². The van der Waals surface area contributed by atoms with Crippen LogP contribution in [0.1, 0.15) is 39.5 Å². The number of ether oxygens (including phenoxy) is 1. The lowest BCUT2D eigenvalue weighted by atomic mass is 9.82. The lowest BCUT2D eigenvalue weighted by Crippen LogP contribution is -2.53. The minimum atomic E-state index is -0.651. The lowest BCUT2D eigenvalue weighted by Gasteiger charge is -2.39. The summed E-state index contributed by atoms with van der Waals surface area (Å²) >= 11 is 0. The smallest absolute Gasteiger partial charge is 0.103 e. The van der Waals surface area contributed by atoms with Gasteiger partial charge in [-0.3, -0.25) is 0 Å². The molecule has 0 aromatic heterocycles. The van der Waals surface area contributed by atoms with E-state index in [-0.39, 0.29) is 6.10 Å². The summed E-state index contributed by atoms with van der Waals surface area (Å²) < 4.78 is 5.37. The van der Waals surface area contributed by atoms with Gasteiger partial charge >= 0.3 is 0 Å². The molecule has 2 N–H and O–H groups in total. The molecular weight excluding hydrogens is 190 g/mol. The van der Waals surface area contributed by atoms with Crippen LogP contribution in [0.4, 0.5) is 0 Å². The number of aliphatic hydroxyl groups is 1. The lowest BCUT2D eigenvalue weighted by molar-refractivity contribution is -0.114. The Morgan fingerprint density at radius 2 is 2.20 bits per heavy atom. The first-order valence-corrected chi connectivity index (χ1v) is 6.04. The van der Waals surface area contributed by atoms with Crippen LogP contribution in [0.15, 0.2) is 0 Å². The molecule has 0 aliphatic heterocycles. The summed E-state index contributed by atoms with van der Waals surface area (Å²) in [7, 11) is 1.70. The van der Waals surface area contributed by atoms with Gasteiger partial charge in [-0.1, -0.05) is 26.7 Å². The fourth-order valence-corrected chi connectivity index (χ4v) is 2.31. The van der Waals surface area contributed by atoms with Gasteiger partial charge in [-0.2, -0.15) is 0 Å². The highest BCUT2D eigenvalue weighted by molar-refractivity contribution is 4.92. The van der Waals surface area contributed by atoms with E-state index in [0.29, 0.717) is 12.5 Å². The third kappa shape index (κ3) is 3.74. The van der Waals surface area contributed by atoms with Crippen LogP contribution in [-0.4, -0.2) is 37.0 Å². The third-order valence-corrected chi connectivity index (χ3v) is 3.19. The molecule has 0 aromatic rings. The van der Waals surface area contributed by atoms with Crippen molar-refractivity contribution >= 4 is 0 Å². The summed E-state index contributed by atoms with van der Waals surface area (Å²) in [6.07, 6.45) is 4.13. The minimum Gasteiger partial charge on any atom is -0.386 e. The van der Waals surface area contributed by atoms with Crippen molar-refractivity contribution in [1.82, 2.24) is 5.32 Å². The molecule has 1 aliphatic carbocycles. The average Bonchev–Trinajstić information content (AvgIpc) is 2.17. The topological polar surface area (TPSA) is 41.5 Å². The fourth-order valence-electron chi connectivity index (χ4n) is 2.31. The Morgan fingerprint density at radius 3 is 2.80 bits per heavy atom. The van der Waals surface area contributed by atoms with E-state index in [9.17, 15) is 5.11 Å². The SMILES string of the molecule is COC1CCCCC1(O)CNCC(C)C. The maximum atomic E-state index is 10.5. The van der Waals surface area contributed by atoms with Gasteiger partial charge in [-0.25, -0.2) is 0 Å². The molecule has 1 rings (SSSR count). The predicted molar refractivity (Wildman–Crippen MR) is 61.9 cm³/mol. The highest BCUT2D eigenvalue weighted by Gasteiger charge is 2.38. The second kappa shape index (κ2) is 5.83. The first kappa shape index (κ1) is 12.9. The van der Waals surface area contributed by atoms with E-state index in [2.05, 4.69) is 19.2 Å². The maximum absolute atomic E-state index is 10.5. The Labute approximate surface area is 93.2 Å². The molecule has 0 aromatic carbocycles. The van der Waals surface area contributed by atoms with Crippen LogP contribution < -0.4 is 5.32 Å². The summed E-state index contributed by atoms with van der Waals surface area (Å²) in [5, 5.41) is 13.8. The zero-order valence-electron chi connectivity index (χ0n) is 10.3. The zero-order chi connectivity index (χ0) is 11.3. The molecule has 3 heteroatoms. The van der Waals surface area contributed by atoms with Crippen molar-refractivity contribution in [1.29, 1.82) is 0 Å². The molecule has 0 bridgehead atoms. The number of hydrogen-bond acceptors (Lipinski definition) is 3. The van der Waals surface area contributed by atoms with E-state index in [1.54, 1.807) is 7.11 Å². The molecule has 15 heavy (non-hydrogen) atoms. The van der Waals surface area contributed by atoms with E-state index in [1.807, 2.05) is 0 Å². The van der Waals surface area contributed by atoms with Crippen LogP contribution >= 0.6 is 0 Å². The molecule has 0 heterocycles. The van der Waals surface area contributed by atoms with Gasteiger partial charge in [-0.05, 0) is 25.3 Å². The van der Waals surface area contributed by atoms with Gasteiger partial charge < -0.3 is 15.2 Å². The largest absolute Gasteiger partial charge is 0.386 e. The number of hydrogen-bond donors (Lipinski definition) is 2. The Kier molecular flexibility index (Phi) is 5.03. The molecule has 90 valence electrons. The Morgan fingerprint density at radius 1 is 1.47 bits per heavy atom. The maximum Gasteiger partial charge on any atom is 0.103 e. The third-order valence-electron chi connectivity index (χ3n) is 3.19. The predicted octanol–water partition coefficient (Wildman–Crippen LogP) is 1.55. The molecule has 0 radical (unpaired) electrons. The molecule has 1 fully saturated rings. The minimum absolute atomic E-state index is 0.00547. The van der Waals surface area contributed by atoms with Crippen molar-refractivity contribution in [3.63, 3.8) is 0 Å². The van der Waals surface area contributed by atoms with Crippen LogP contribution in [0, 0.1) is 5.92 Å². The summed E-state index contributed by atoms with van der Waals surface area (Å²) in [5.41, 5.74) is -0.651. The molecule has 0 saturated heterocycles. The first-order chi connectivity index (χ1) is 7.08. The molecule has 0 amide bonds. The van der Waals surface area contributed by atoms with Gasteiger partial charge in [0.15, 0.2) is 0 Å². The normalized spacial score (nSPS) is 32.2. The highest BCUT2D eigenvalue weighted by Crippen LogP contribution is 2.29. The Balaban J connectivity index is 2.39. The van der Waals surface area contributed by atoms with Crippen LogP contribution in [-0.2, 0) is 4.74 Å². The van der Waals surface area contributed by atoms with Crippen molar-refractivity contribution in [3.05, 3.63) is 0 Å². The molecule has 1 aliphatic rings. The van der Waals surface area contributed by atoms with Crippen molar-refractivity contribution < 1.29 is 9.84 Å². The van der Waals surface area contributed by atoms with Crippen molar-refractivity contribution in [3.8, 4) is 0 Å². The molecular formula is C12H25NO2. The van der Waals surface area contributed by atoms with E-state index in [1.165, 1.54) is 6.42 Å². The second-order valence-electron chi connectivity index (χ2n) is 5.10. The average molecular weight is 215 g/mol. The summed E-state index contributed by atoms with van der Waals surface area (Å²) in [4.78, 5) is 0. The number of nitrogens with one attached hydrogen (secondary N) is 1. The summed E-state index contributed by atoms with van der Waals surface area (Å²) in [5.74, 6) is 0.623. The Hall–Kier alpha value is -0.120.